The van der Waals surface area contributed by atoms with E-state index < -0.39 is 6.09 Å². The molecule has 0 heterocycles. The molecule has 4 heteroatoms. The van der Waals surface area contributed by atoms with E-state index in [1.165, 1.54) is 0 Å². The van der Waals surface area contributed by atoms with E-state index in [9.17, 15) is 4.79 Å². The van der Waals surface area contributed by atoms with Gasteiger partial charge >= 0.3 is 6.09 Å². The van der Waals surface area contributed by atoms with Crippen molar-refractivity contribution in [1.29, 1.82) is 0 Å². The molecule has 0 rings (SSSR count). The molecule has 0 aliphatic carbocycles. The summed E-state index contributed by atoms with van der Waals surface area (Å²) in [7, 11) is 0. The number of ether oxygens (including phenoxy) is 1. The lowest BCUT2D eigenvalue weighted by Gasteiger charge is -2.06. The summed E-state index contributed by atoms with van der Waals surface area (Å²) < 4.78 is 4.66. The number of carbonyl (C=O) groups is 1. The van der Waals surface area contributed by atoms with Gasteiger partial charge < -0.3 is 10.1 Å². The minimum absolute atomic E-state index is 0.0888. The molecule has 0 saturated heterocycles. The molecule has 0 atom stereocenters. The van der Waals surface area contributed by atoms with Crippen LogP contribution in [-0.4, -0.2) is 18.2 Å². The van der Waals surface area contributed by atoms with E-state index in [4.69, 9.17) is 11.6 Å². The van der Waals surface area contributed by atoms with Crippen LogP contribution in [0.1, 0.15) is 13.8 Å². The zero-order chi connectivity index (χ0) is 7.28. The van der Waals surface area contributed by atoms with E-state index in [0.717, 1.165) is 0 Å². The predicted molar refractivity (Wildman–Crippen MR) is 35.5 cm³/mol. The van der Waals surface area contributed by atoms with Gasteiger partial charge in [0.2, 0.25) is 0 Å². The van der Waals surface area contributed by atoms with Crippen LogP contribution in [0.2, 0.25) is 0 Å². The standard InChI is InChI=1S/C5H10ClNO2/c1-4(2)9-5(8)7-3-6/h4H,3H2,1-2H3,(H,7,8). The van der Waals surface area contributed by atoms with Gasteiger partial charge in [0.1, 0.15) is 0 Å². The summed E-state index contributed by atoms with van der Waals surface area (Å²) in [4.78, 5) is 10.4. The Labute approximate surface area is 59.3 Å². The second-order valence-corrected chi connectivity index (χ2v) is 2.03. The highest BCUT2D eigenvalue weighted by Crippen LogP contribution is 1.87. The molecule has 0 bridgehead atoms. The van der Waals surface area contributed by atoms with Crippen LogP contribution in [0.5, 0.6) is 0 Å². The van der Waals surface area contributed by atoms with Gasteiger partial charge in [0.15, 0.2) is 0 Å². The Balaban J connectivity index is 3.27. The van der Waals surface area contributed by atoms with Crippen molar-refractivity contribution in [3.05, 3.63) is 0 Å². The van der Waals surface area contributed by atoms with Gasteiger partial charge in [0, 0.05) is 0 Å². The SMILES string of the molecule is CC(C)OC(=O)NCCl. The lowest BCUT2D eigenvalue weighted by atomic mass is 10.5. The summed E-state index contributed by atoms with van der Waals surface area (Å²) >= 11 is 5.17. The maximum atomic E-state index is 10.4. The molecule has 0 unspecified atom stereocenters. The van der Waals surface area contributed by atoms with Gasteiger partial charge in [-0.05, 0) is 13.8 Å². The van der Waals surface area contributed by atoms with Crippen LogP contribution in [0, 0.1) is 0 Å². The Morgan fingerprint density at radius 3 is 2.67 bits per heavy atom. The predicted octanol–water partition coefficient (Wildman–Crippen LogP) is 1.32. The van der Waals surface area contributed by atoms with Crippen molar-refractivity contribution in [2.24, 2.45) is 0 Å². The van der Waals surface area contributed by atoms with Crippen molar-refractivity contribution >= 4 is 17.7 Å². The van der Waals surface area contributed by atoms with E-state index in [0.29, 0.717) is 0 Å². The zero-order valence-corrected chi connectivity index (χ0v) is 6.23. The molecular weight excluding hydrogens is 142 g/mol. The van der Waals surface area contributed by atoms with Gasteiger partial charge in [-0.1, -0.05) is 0 Å². The van der Waals surface area contributed by atoms with E-state index >= 15 is 0 Å². The third kappa shape index (κ3) is 5.43. The van der Waals surface area contributed by atoms with E-state index in [1.54, 1.807) is 13.8 Å². The van der Waals surface area contributed by atoms with Crippen molar-refractivity contribution in [1.82, 2.24) is 5.32 Å². The zero-order valence-electron chi connectivity index (χ0n) is 5.48. The van der Waals surface area contributed by atoms with Gasteiger partial charge in [-0.25, -0.2) is 4.79 Å². The van der Waals surface area contributed by atoms with Crippen LogP contribution in [0.3, 0.4) is 0 Å². The number of hydrogen-bond donors (Lipinski definition) is 1. The molecule has 0 aromatic carbocycles. The van der Waals surface area contributed by atoms with E-state index in [1.807, 2.05) is 0 Å². The first-order valence-electron chi connectivity index (χ1n) is 2.67. The maximum absolute atomic E-state index is 10.4. The summed E-state index contributed by atoms with van der Waals surface area (Å²) in [5.74, 6) is 0. The third-order valence-electron chi connectivity index (χ3n) is 0.554. The second-order valence-electron chi connectivity index (χ2n) is 1.76. The van der Waals surface area contributed by atoms with Gasteiger partial charge in [-0.3, -0.25) is 0 Å². The highest BCUT2D eigenvalue weighted by atomic mass is 35.5. The molecule has 54 valence electrons. The Morgan fingerprint density at radius 2 is 2.33 bits per heavy atom. The number of nitrogens with one attached hydrogen (secondary N) is 1. The molecule has 0 spiro atoms. The number of rotatable bonds is 2. The van der Waals surface area contributed by atoms with Crippen molar-refractivity contribution in [2.75, 3.05) is 6.00 Å². The average molecular weight is 152 g/mol. The van der Waals surface area contributed by atoms with Gasteiger partial charge in [-0.2, -0.15) is 0 Å². The largest absolute Gasteiger partial charge is 0.447 e. The maximum Gasteiger partial charge on any atom is 0.408 e. The lowest BCUT2D eigenvalue weighted by Crippen LogP contribution is -2.25. The quantitative estimate of drug-likeness (QED) is 0.478. The van der Waals surface area contributed by atoms with Crippen LogP contribution in [-0.2, 0) is 4.74 Å². The molecule has 1 N–H and O–H groups in total. The molecule has 1 amide bonds. The third-order valence-corrected chi connectivity index (χ3v) is 0.688. The summed E-state index contributed by atoms with van der Waals surface area (Å²) in [6.45, 7) is 3.54. The Kier molecular flexibility index (Phi) is 4.22. The number of alkyl halides is 1. The normalized spacial score (nSPS) is 9.33. The minimum atomic E-state index is -0.472. The molecule has 0 radical (unpaired) electrons. The van der Waals surface area contributed by atoms with E-state index in [2.05, 4.69) is 10.1 Å². The summed E-state index contributed by atoms with van der Waals surface area (Å²) in [6.07, 6.45) is -0.562. The average Bonchev–Trinajstić information content (AvgIpc) is 1.63. The first-order valence-corrected chi connectivity index (χ1v) is 3.20. The first kappa shape index (κ1) is 8.56. The summed E-state index contributed by atoms with van der Waals surface area (Å²) in [5.41, 5.74) is 0. The second kappa shape index (κ2) is 4.44. The highest BCUT2D eigenvalue weighted by molar-refractivity contribution is 6.18. The molecule has 0 aromatic rings. The Morgan fingerprint density at radius 1 is 1.78 bits per heavy atom. The van der Waals surface area contributed by atoms with Crippen LogP contribution in [0.25, 0.3) is 0 Å². The van der Waals surface area contributed by atoms with Crippen LogP contribution in [0.15, 0.2) is 0 Å². The van der Waals surface area contributed by atoms with Gasteiger partial charge in [0.05, 0.1) is 12.1 Å². The van der Waals surface area contributed by atoms with Crippen LogP contribution >= 0.6 is 11.6 Å². The van der Waals surface area contributed by atoms with Gasteiger partial charge in [-0.15, -0.1) is 11.6 Å². The molecule has 0 aromatic heterocycles. The highest BCUT2D eigenvalue weighted by Gasteiger charge is 2.00. The van der Waals surface area contributed by atoms with Crippen molar-refractivity contribution in [2.45, 2.75) is 20.0 Å². The van der Waals surface area contributed by atoms with Gasteiger partial charge in [0.25, 0.3) is 0 Å². The van der Waals surface area contributed by atoms with E-state index in [-0.39, 0.29) is 12.1 Å². The number of amides is 1. The topological polar surface area (TPSA) is 38.3 Å². The molecule has 0 aliphatic heterocycles. The Bertz CT molecular complexity index is 95.0. The number of alkyl carbamates (subject to hydrolysis) is 1. The summed E-state index contributed by atoms with van der Waals surface area (Å²) in [5, 5.41) is 2.28. The molecule has 0 fully saturated rings. The fraction of sp³-hybridized carbons (Fsp3) is 0.800. The smallest absolute Gasteiger partial charge is 0.408 e. The Hall–Kier alpha value is -0.440. The molecule has 0 saturated carbocycles. The van der Waals surface area contributed by atoms with Crippen molar-refractivity contribution in [3.63, 3.8) is 0 Å². The fourth-order valence-corrected chi connectivity index (χ4v) is 0.419. The molecule has 3 nitrogen and oxygen atoms in total. The van der Waals surface area contributed by atoms with Crippen LogP contribution < -0.4 is 5.32 Å². The molecule has 9 heavy (non-hydrogen) atoms. The molecular formula is C5H10ClNO2. The first-order chi connectivity index (χ1) is 4.16. The monoisotopic (exact) mass is 151 g/mol. The number of hydrogen-bond acceptors (Lipinski definition) is 2. The summed E-state index contributed by atoms with van der Waals surface area (Å²) in [6, 6.07) is 0.0888. The fourth-order valence-electron chi connectivity index (χ4n) is 0.310. The van der Waals surface area contributed by atoms with Crippen LogP contribution in [0.4, 0.5) is 4.79 Å². The minimum Gasteiger partial charge on any atom is -0.447 e. The van der Waals surface area contributed by atoms with Crippen molar-refractivity contribution in [3.8, 4) is 0 Å². The lowest BCUT2D eigenvalue weighted by molar-refractivity contribution is 0.117. The molecule has 0 aliphatic rings. The van der Waals surface area contributed by atoms with Crippen molar-refractivity contribution < 1.29 is 9.53 Å². The number of carbonyl (C=O) groups excluding carboxylic acids is 1. The number of halogens is 1.